The molecule has 0 radical (unpaired) electrons. The molecule has 0 bridgehead atoms. The Bertz CT molecular complexity index is 2160. The molecule has 0 heterocycles. The predicted octanol–water partition coefficient (Wildman–Crippen LogP) is 22.5. The average molecular weight is 1590 g/mol. The van der Waals surface area contributed by atoms with Gasteiger partial charge in [0.25, 0.3) is 0 Å². The van der Waals surface area contributed by atoms with E-state index in [1.807, 2.05) is 145 Å². The summed E-state index contributed by atoms with van der Waals surface area (Å²) in [6.45, 7) is 118. The van der Waals surface area contributed by atoms with Crippen LogP contribution in [0, 0.1) is 5.41 Å². The van der Waals surface area contributed by atoms with E-state index in [1.165, 1.54) is 0 Å². The molecule has 18 nitrogen and oxygen atoms in total. The number of rotatable bonds is 34. The Hall–Kier alpha value is -0.720. The van der Waals surface area contributed by atoms with E-state index in [9.17, 15) is 0 Å². The molecule has 0 aliphatic rings. The van der Waals surface area contributed by atoms with Crippen LogP contribution in [0.1, 0.15) is 374 Å². The molecule has 0 aromatic rings. The Morgan fingerprint density at radius 3 is 0.482 bits per heavy atom. The van der Waals surface area contributed by atoms with E-state index in [4.69, 9.17) is 80.5 Å². The van der Waals surface area contributed by atoms with Crippen molar-refractivity contribution in [1.82, 2.24) is 4.90 Å². The van der Waals surface area contributed by atoms with E-state index < -0.39 is 46.8 Å². The van der Waals surface area contributed by atoms with Crippen molar-refractivity contribution in [3.63, 3.8) is 0 Å². The fourth-order valence-corrected chi connectivity index (χ4v) is 11.4. The highest BCUT2D eigenvalue weighted by Crippen LogP contribution is 2.36. The number of ether oxygens (including phenoxy) is 17. The van der Waals surface area contributed by atoms with Crippen LogP contribution in [0.3, 0.4) is 0 Å². The lowest BCUT2D eigenvalue weighted by Crippen LogP contribution is -2.60. The van der Waals surface area contributed by atoms with Crippen LogP contribution < -0.4 is 0 Å². The van der Waals surface area contributed by atoms with Gasteiger partial charge >= 0.3 is 0 Å². The van der Waals surface area contributed by atoms with Gasteiger partial charge in [-0.3, -0.25) is 4.90 Å². The predicted molar refractivity (Wildman–Crippen MR) is 463 cm³/mol. The Balaban J connectivity index is -0.000000717. The number of hydrogen-bond acceptors (Lipinski definition) is 18. The Morgan fingerprint density at radius 2 is 0.336 bits per heavy atom. The number of nitrogens with zero attached hydrogens (tertiary/aromatic N) is 1. The van der Waals surface area contributed by atoms with Crippen LogP contribution in [0.25, 0.3) is 0 Å². The second-order valence-electron chi connectivity index (χ2n) is 48.2. The van der Waals surface area contributed by atoms with Crippen LogP contribution in [-0.2, 0) is 80.5 Å². The zero-order chi connectivity index (χ0) is 88.6. The fourth-order valence-electron chi connectivity index (χ4n) is 11.4. The topological polar surface area (TPSA) is 160 Å². The third-order valence-corrected chi connectivity index (χ3v) is 13.8. The maximum atomic E-state index is 6.78. The summed E-state index contributed by atoms with van der Waals surface area (Å²) in [5.41, 5.74) is -4.42. The summed E-state index contributed by atoms with van der Waals surface area (Å²) in [4.78, 5) is 2.56. The summed E-state index contributed by atoms with van der Waals surface area (Å²) >= 11 is 0. The molecule has 6 atom stereocenters. The van der Waals surface area contributed by atoms with Crippen molar-refractivity contribution >= 4 is 0 Å². The van der Waals surface area contributed by atoms with Crippen LogP contribution in [0.15, 0.2) is 0 Å². The van der Waals surface area contributed by atoms with Gasteiger partial charge in [-0.25, -0.2) is 0 Å². The molecule has 0 N–H and O–H groups in total. The van der Waals surface area contributed by atoms with Gasteiger partial charge < -0.3 is 80.5 Å². The third-order valence-electron chi connectivity index (χ3n) is 13.8. The highest BCUT2D eigenvalue weighted by molar-refractivity contribution is 4.96. The smallest absolute Gasteiger partial charge is 0.115 e. The minimum atomic E-state index is -0.485. The van der Waals surface area contributed by atoms with E-state index in [0.717, 1.165) is 0 Å². The largest absolute Gasteiger partial charge is 0.376 e. The van der Waals surface area contributed by atoms with Crippen molar-refractivity contribution in [3.8, 4) is 0 Å². The first-order valence-electron chi connectivity index (χ1n) is 41.5. The lowest BCUT2D eigenvalue weighted by Gasteiger charge is -2.53. The van der Waals surface area contributed by atoms with Gasteiger partial charge in [0.15, 0.2) is 0 Å². The maximum Gasteiger partial charge on any atom is 0.115 e. The van der Waals surface area contributed by atoms with Gasteiger partial charge in [0.2, 0.25) is 0 Å². The lowest BCUT2D eigenvalue weighted by atomic mass is 9.88. The molecule has 18 heteroatoms. The first-order valence-corrected chi connectivity index (χ1v) is 41.5. The second-order valence-corrected chi connectivity index (χ2v) is 48.2. The van der Waals surface area contributed by atoms with Crippen molar-refractivity contribution in [2.75, 3.05) is 79.3 Å². The molecule has 668 valence electrons. The molecule has 0 saturated carbocycles. The minimum absolute atomic E-state index is 0.181. The molecule has 0 aliphatic heterocycles. The van der Waals surface area contributed by atoms with Crippen molar-refractivity contribution in [2.45, 2.75) is 517 Å². The Kier molecular flexibility index (Phi) is 47.4. The van der Waals surface area contributed by atoms with Crippen LogP contribution >= 0.6 is 0 Å². The molecule has 110 heavy (non-hydrogen) atoms. The third kappa shape index (κ3) is 73.6. The van der Waals surface area contributed by atoms with Crippen LogP contribution in [-0.4, -0.2) is 228 Å². The van der Waals surface area contributed by atoms with Crippen molar-refractivity contribution in [1.29, 1.82) is 0 Å². The second kappa shape index (κ2) is 45.1. The Morgan fingerprint density at radius 1 is 0.173 bits per heavy atom. The van der Waals surface area contributed by atoms with Crippen molar-refractivity contribution in [2.24, 2.45) is 5.41 Å². The molecule has 0 fully saturated rings. The molecule has 0 aliphatic carbocycles. The molecule has 0 amide bonds. The molecule has 6 unspecified atom stereocenters. The standard InChI is InChI=1S/C30H62O6.C29H60O7.C21H44O4.C12H27N/c1-25(2,3)31-19-21(33-27(7,8)9)23(35-29(13,14)15)24(36-30(16,17)18)22(34-28(10,11)12)20-32-26(4,5)6;1-25(2,3)32-20-23(35-28(10,11)12)18-30-16-22(34-27(7,8)9)17-31-19-24(36-29(13,14)15)21-33-26(4,5)6;1-17(2,3)22-13-21(14-23-18(4,5)6,15-24-19(7,8)9)16-25-20(10,11)12;1-10(2,3)13(11(4,5)6)12(7,8)9/h21-24H,19-20H2,1-18H3;22-24H,16-21H2,1-15H3;13-16H2,1-12H3;1-9H3. The fraction of sp³-hybridized carbons (Fsp3) is 1.00. The normalized spacial score (nSPS) is 16.6. The first kappa shape index (κ1) is 116. The summed E-state index contributed by atoms with van der Waals surface area (Å²) in [6, 6.07) is 0. The molecule has 0 rings (SSSR count). The molecule has 0 aromatic heterocycles. The van der Waals surface area contributed by atoms with Gasteiger partial charge in [0.1, 0.15) is 42.7 Å². The van der Waals surface area contributed by atoms with Crippen LogP contribution in [0.4, 0.5) is 0 Å². The zero-order valence-electron chi connectivity index (χ0n) is 83.4. The van der Waals surface area contributed by atoms with Crippen molar-refractivity contribution in [3.05, 3.63) is 0 Å². The van der Waals surface area contributed by atoms with E-state index in [-0.39, 0.29) is 102 Å². The van der Waals surface area contributed by atoms with E-state index in [2.05, 4.69) is 233 Å². The van der Waals surface area contributed by atoms with Crippen LogP contribution in [0.2, 0.25) is 0 Å². The highest BCUT2D eigenvalue weighted by Gasteiger charge is 2.46. The van der Waals surface area contributed by atoms with E-state index >= 15 is 0 Å². The van der Waals surface area contributed by atoms with E-state index in [1.54, 1.807) is 0 Å². The Labute approximate surface area is 684 Å². The molecular formula is C92H193NO17. The molecular weight excluding hydrogens is 1390 g/mol. The van der Waals surface area contributed by atoms with Gasteiger partial charge in [0.05, 0.1) is 169 Å². The summed E-state index contributed by atoms with van der Waals surface area (Å²) in [7, 11) is 0. The van der Waals surface area contributed by atoms with Gasteiger partial charge in [-0.2, -0.15) is 0 Å². The van der Waals surface area contributed by atoms with Gasteiger partial charge in [-0.05, 0) is 374 Å². The molecule has 0 spiro atoms. The summed E-state index contributed by atoms with van der Waals surface area (Å²) < 4.78 is 107. The zero-order valence-corrected chi connectivity index (χ0v) is 83.4. The van der Waals surface area contributed by atoms with E-state index in [0.29, 0.717) is 79.3 Å². The average Bonchev–Trinajstić information content (AvgIpc) is 0.801. The quantitative estimate of drug-likeness (QED) is 0.0598. The summed E-state index contributed by atoms with van der Waals surface area (Å²) in [5, 5.41) is 0. The maximum absolute atomic E-state index is 6.78. The first-order chi connectivity index (χ1) is 47.7. The minimum Gasteiger partial charge on any atom is -0.376 e. The SMILES string of the molecule is CC(C)(C)N(C(C)(C)C)C(C)(C)C.CC(C)(C)OCC(COC(C)(C)C)(COC(C)(C)C)COC(C)(C)C.CC(C)(C)OCC(COCC(COCC(COC(C)(C)C)OC(C)(C)C)OC(C)(C)C)OC(C)(C)C.CC(C)(C)OCC(OC(C)(C)C)C(OC(C)(C)C)C(OC(C)(C)C)C(COC(C)(C)C)OC(C)(C)C. The molecule has 0 saturated heterocycles. The molecule has 0 aromatic carbocycles. The summed E-state index contributed by atoms with van der Waals surface area (Å²) in [6.07, 6.45) is -2.38. The van der Waals surface area contributed by atoms with Crippen LogP contribution in [0.5, 0.6) is 0 Å². The van der Waals surface area contributed by atoms with Crippen molar-refractivity contribution < 1.29 is 80.5 Å². The lowest BCUT2D eigenvalue weighted by molar-refractivity contribution is -0.268. The highest BCUT2D eigenvalue weighted by atomic mass is 16.6. The van der Waals surface area contributed by atoms with Gasteiger partial charge in [-0.15, -0.1) is 0 Å². The van der Waals surface area contributed by atoms with Gasteiger partial charge in [0, 0.05) is 16.6 Å². The monoisotopic (exact) mass is 1580 g/mol. The van der Waals surface area contributed by atoms with Gasteiger partial charge in [-0.1, -0.05) is 0 Å². The number of hydrogen-bond donors (Lipinski definition) is 0. The summed E-state index contributed by atoms with van der Waals surface area (Å²) in [5.74, 6) is 0.